The molecule has 2 rings (SSSR count). The van der Waals surface area contributed by atoms with Gasteiger partial charge in [0.25, 0.3) is 0 Å². The molecule has 0 fully saturated rings. The van der Waals surface area contributed by atoms with Crippen molar-refractivity contribution in [2.45, 2.75) is 29.2 Å². The summed E-state index contributed by atoms with van der Waals surface area (Å²) in [4.78, 5) is 1.11. The molecule has 0 aliphatic carbocycles. The number of hydrogen-bond donors (Lipinski definition) is 0. The van der Waals surface area contributed by atoms with E-state index in [1.165, 1.54) is 5.56 Å². The molecule has 0 saturated heterocycles. The maximum absolute atomic E-state index is 11.0. The van der Waals surface area contributed by atoms with Crippen LogP contribution in [0.3, 0.4) is 0 Å². The first-order chi connectivity index (χ1) is 6.96. The highest BCUT2D eigenvalue weighted by atomic mass is 35.7. The van der Waals surface area contributed by atoms with Gasteiger partial charge in [0.05, 0.1) is 5.75 Å². The van der Waals surface area contributed by atoms with E-state index in [0.717, 1.165) is 16.9 Å². The van der Waals surface area contributed by atoms with Crippen molar-refractivity contribution in [2.24, 2.45) is 0 Å². The van der Waals surface area contributed by atoms with Crippen LogP contribution in [0.1, 0.15) is 18.1 Å². The lowest BCUT2D eigenvalue weighted by Gasteiger charge is -2.05. The van der Waals surface area contributed by atoms with Crippen LogP contribution in [0.15, 0.2) is 23.1 Å². The van der Waals surface area contributed by atoms with Crippen LogP contribution in [-0.2, 0) is 21.2 Å². The summed E-state index contributed by atoms with van der Waals surface area (Å²) >= 11 is 1.74. The third kappa shape index (κ3) is 2.68. The summed E-state index contributed by atoms with van der Waals surface area (Å²) in [6.45, 7) is 2.14. The summed E-state index contributed by atoms with van der Waals surface area (Å²) in [5.74, 6) is -0.0720. The van der Waals surface area contributed by atoms with Crippen molar-refractivity contribution in [3.05, 3.63) is 29.3 Å². The van der Waals surface area contributed by atoms with Gasteiger partial charge in [-0.3, -0.25) is 0 Å². The molecule has 1 heterocycles. The van der Waals surface area contributed by atoms with Crippen LogP contribution in [0, 0.1) is 0 Å². The van der Waals surface area contributed by atoms with E-state index in [0.29, 0.717) is 5.25 Å². The molecule has 0 aromatic heterocycles. The van der Waals surface area contributed by atoms with Gasteiger partial charge in [0.2, 0.25) is 9.05 Å². The second kappa shape index (κ2) is 4.00. The van der Waals surface area contributed by atoms with Gasteiger partial charge in [-0.2, -0.15) is 0 Å². The second-order valence-corrected chi connectivity index (χ2v) is 7.95. The Morgan fingerprint density at radius 2 is 2.27 bits per heavy atom. The molecule has 5 heteroatoms. The maximum Gasteiger partial charge on any atom is 0.236 e. The molecule has 2 nitrogen and oxygen atoms in total. The van der Waals surface area contributed by atoms with Crippen LogP contribution in [0.5, 0.6) is 0 Å². The standard InChI is InChI=1S/C10H11ClO2S2/c1-7-5-8-3-2-4-9(10(8)14-7)6-15(11,12)13/h2-4,7H,5-6H2,1H3. The van der Waals surface area contributed by atoms with Crippen molar-refractivity contribution in [1.82, 2.24) is 0 Å². The third-order valence-corrected chi connectivity index (χ3v) is 4.64. The largest absolute Gasteiger partial charge is 0.236 e. The van der Waals surface area contributed by atoms with Gasteiger partial charge in [-0.1, -0.05) is 25.1 Å². The van der Waals surface area contributed by atoms with Crippen molar-refractivity contribution < 1.29 is 8.42 Å². The molecule has 0 N–H and O–H groups in total. The number of benzene rings is 1. The molecule has 0 bridgehead atoms. The van der Waals surface area contributed by atoms with E-state index >= 15 is 0 Å². The Morgan fingerprint density at radius 3 is 2.93 bits per heavy atom. The highest BCUT2D eigenvalue weighted by Crippen LogP contribution is 2.39. The first kappa shape index (κ1) is 11.3. The van der Waals surface area contributed by atoms with E-state index in [4.69, 9.17) is 10.7 Å². The normalized spacial score (nSPS) is 20.3. The molecule has 0 amide bonds. The second-order valence-electron chi connectivity index (χ2n) is 3.72. The van der Waals surface area contributed by atoms with Crippen LogP contribution in [-0.4, -0.2) is 13.7 Å². The van der Waals surface area contributed by atoms with E-state index in [2.05, 4.69) is 13.0 Å². The highest BCUT2D eigenvalue weighted by molar-refractivity contribution is 8.13. The predicted octanol–water partition coefficient (Wildman–Crippen LogP) is 2.79. The Hall–Kier alpha value is -0.190. The zero-order chi connectivity index (χ0) is 11.1. The summed E-state index contributed by atoms with van der Waals surface area (Å²) in [6, 6.07) is 5.79. The molecule has 1 aliphatic rings. The molecule has 82 valence electrons. The van der Waals surface area contributed by atoms with Crippen molar-refractivity contribution in [2.75, 3.05) is 0 Å². The first-order valence-corrected chi connectivity index (χ1v) is 8.01. The van der Waals surface area contributed by atoms with Crippen molar-refractivity contribution >= 4 is 31.5 Å². The highest BCUT2D eigenvalue weighted by Gasteiger charge is 2.22. The Bertz CT molecular complexity index is 482. The number of halogens is 1. The van der Waals surface area contributed by atoms with Gasteiger partial charge in [-0.05, 0) is 17.5 Å². The van der Waals surface area contributed by atoms with Gasteiger partial charge in [-0.25, -0.2) is 8.42 Å². The van der Waals surface area contributed by atoms with Crippen LogP contribution >= 0.6 is 22.4 Å². The lowest BCUT2D eigenvalue weighted by atomic mass is 10.1. The lowest BCUT2D eigenvalue weighted by molar-refractivity contribution is 0.608. The van der Waals surface area contributed by atoms with Gasteiger partial charge in [0.1, 0.15) is 0 Å². The molecular weight excluding hydrogens is 252 g/mol. The van der Waals surface area contributed by atoms with E-state index in [-0.39, 0.29) is 5.75 Å². The Kier molecular flexibility index (Phi) is 3.01. The molecule has 15 heavy (non-hydrogen) atoms. The van der Waals surface area contributed by atoms with Gasteiger partial charge in [0.15, 0.2) is 0 Å². The minimum atomic E-state index is -3.46. The molecule has 1 aromatic carbocycles. The fourth-order valence-electron chi connectivity index (χ4n) is 1.80. The van der Waals surface area contributed by atoms with Crippen molar-refractivity contribution in [3.63, 3.8) is 0 Å². The van der Waals surface area contributed by atoms with Gasteiger partial charge >= 0.3 is 0 Å². The van der Waals surface area contributed by atoms with E-state index < -0.39 is 9.05 Å². The first-order valence-electron chi connectivity index (χ1n) is 4.65. The fourth-order valence-corrected chi connectivity index (χ4v) is 4.12. The van der Waals surface area contributed by atoms with Crippen LogP contribution in [0.25, 0.3) is 0 Å². The minimum Gasteiger partial charge on any atom is -0.212 e. The van der Waals surface area contributed by atoms with Crippen LogP contribution in [0.4, 0.5) is 0 Å². The molecule has 0 spiro atoms. The zero-order valence-corrected chi connectivity index (χ0v) is 10.6. The predicted molar refractivity (Wildman–Crippen MR) is 63.9 cm³/mol. The smallest absolute Gasteiger partial charge is 0.212 e. The lowest BCUT2D eigenvalue weighted by Crippen LogP contribution is -1.97. The quantitative estimate of drug-likeness (QED) is 0.769. The summed E-state index contributed by atoms with van der Waals surface area (Å²) in [6.07, 6.45) is 1.01. The van der Waals surface area contributed by atoms with Crippen LogP contribution in [0.2, 0.25) is 0 Å². The van der Waals surface area contributed by atoms with Gasteiger partial charge in [-0.15, -0.1) is 11.8 Å². The molecule has 0 saturated carbocycles. The summed E-state index contributed by atoms with van der Waals surface area (Å²) in [5, 5.41) is 0.527. The molecule has 0 radical (unpaired) electrons. The van der Waals surface area contributed by atoms with E-state index in [1.54, 1.807) is 11.8 Å². The summed E-state index contributed by atoms with van der Waals surface area (Å²) in [7, 11) is 1.81. The van der Waals surface area contributed by atoms with Crippen molar-refractivity contribution in [1.29, 1.82) is 0 Å². The number of fused-ring (bicyclic) bond motifs is 1. The van der Waals surface area contributed by atoms with E-state index in [9.17, 15) is 8.42 Å². The van der Waals surface area contributed by atoms with E-state index in [1.807, 2.05) is 12.1 Å². The molecule has 1 unspecified atom stereocenters. The molecule has 1 atom stereocenters. The van der Waals surface area contributed by atoms with Gasteiger partial charge < -0.3 is 0 Å². The molecule has 1 aromatic rings. The summed E-state index contributed by atoms with van der Waals surface area (Å²) in [5.41, 5.74) is 2.07. The number of hydrogen-bond acceptors (Lipinski definition) is 3. The third-order valence-electron chi connectivity index (χ3n) is 2.33. The van der Waals surface area contributed by atoms with Crippen LogP contribution < -0.4 is 0 Å². The molecule has 1 aliphatic heterocycles. The molecular formula is C10H11ClO2S2. The Balaban J connectivity index is 2.39. The Labute approximate surface area is 98.4 Å². The number of rotatable bonds is 2. The average Bonchev–Trinajstić information content (AvgIpc) is 2.43. The van der Waals surface area contributed by atoms with Gasteiger partial charge in [0, 0.05) is 20.8 Å². The number of thioether (sulfide) groups is 1. The maximum atomic E-state index is 11.0. The Morgan fingerprint density at radius 1 is 1.53 bits per heavy atom. The summed E-state index contributed by atoms with van der Waals surface area (Å²) < 4.78 is 22.1. The fraction of sp³-hybridized carbons (Fsp3) is 0.400. The minimum absolute atomic E-state index is 0.0720. The average molecular weight is 263 g/mol. The topological polar surface area (TPSA) is 34.1 Å². The van der Waals surface area contributed by atoms with Crippen molar-refractivity contribution in [3.8, 4) is 0 Å². The monoisotopic (exact) mass is 262 g/mol. The zero-order valence-electron chi connectivity index (χ0n) is 8.23. The SMILES string of the molecule is CC1Cc2cccc(CS(=O)(=O)Cl)c2S1.